The molecule has 1 aromatic heterocycles. The number of hydrogen-bond acceptors (Lipinski definition) is 3. The van der Waals surface area contributed by atoms with E-state index >= 15 is 0 Å². The number of H-pyrrole nitrogens is 1. The predicted octanol–water partition coefficient (Wildman–Crippen LogP) is 1.60. The van der Waals surface area contributed by atoms with Crippen LogP contribution in [0.5, 0.6) is 0 Å². The lowest BCUT2D eigenvalue weighted by Crippen LogP contribution is -2.49. The normalized spacial score (nSPS) is 18.8. The number of aromatic amines is 1. The highest BCUT2D eigenvalue weighted by Gasteiger charge is 2.28. The number of nitrogens with zero attached hydrogens (tertiary/aromatic N) is 1. The summed E-state index contributed by atoms with van der Waals surface area (Å²) in [5.41, 5.74) is 0.525. The molecule has 1 aromatic carbocycles. The van der Waals surface area contributed by atoms with Crippen LogP contribution in [0.15, 0.2) is 53.6 Å². The first kappa shape index (κ1) is 15.8. The molecule has 3 rings (SSSR count). The number of aromatic nitrogens is 1. The number of nitrogens with one attached hydrogen (secondary N) is 2. The monoisotopic (exact) mass is 333 g/mol. The topological polar surface area (TPSA) is 82.3 Å². The summed E-state index contributed by atoms with van der Waals surface area (Å²) in [6.45, 7) is 1.02. The van der Waals surface area contributed by atoms with Crippen molar-refractivity contribution in [3.63, 3.8) is 0 Å². The lowest BCUT2D eigenvalue weighted by Gasteiger charge is -2.32. The Morgan fingerprint density at radius 3 is 2.65 bits per heavy atom. The third kappa shape index (κ3) is 3.62. The van der Waals surface area contributed by atoms with Crippen molar-refractivity contribution in [2.75, 3.05) is 13.1 Å². The van der Waals surface area contributed by atoms with Crippen LogP contribution >= 0.6 is 0 Å². The number of sulfonamides is 1. The fourth-order valence-electron chi connectivity index (χ4n) is 2.78. The SMILES string of the molecule is O=C(c1ccc[nH]1)N1CCC[C@@H](NS(=O)(=O)c2ccccc2)C1. The minimum absolute atomic E-state index is 0.0985. The average molecular weight is 333 g/mol. The van der Waals surface area contributed by atoms with Crippen molar-refractivity contribution in [3.05, 3.63) is 54.4 Å². The highest BCUT2D eigenvalue weighted by molar-refractivity contribution is 7.89. The molecule has 1 amide bonds. The van der Waals surface area contributed by atoms with Crippen molar-refractivity contribution in [1.82, 2.24) is 14.6 Å². The molecule has 0 bridgehead atoms. The third-order valence-corrected chi connectivity index (χ3v) is 5.45. The molecule has 1 atom stereocenters. The van der Waals surface area contributed by atoms with Crippen molar-refractivity contribution >= 4 is 15.9 Å². The first-order valence-electron chi connectivity index (χ1n) is 7.56. The van der Waals surface area contributed by atoms with Crippen molar-refractivity contribution in [3.8, 4) is 0 Å². The molecule has 0 saturated carbocycles. The molecule has 122 valence electrons. The lowest BCUT2D eigenvalue weighted by atomic mass is 10.1. The maximum Gasteiger partial charge on any atom is 0.270 e. The van der Waals surface area contributed by atoms with Crippen molar-refractivity contribution < 1.29 is 13.2 Å². The summed E-state index contributed by atoms with van der Waals surface area (Å²) in [5.74, 6) is -0.0985. The van der Waals surface area contributed by atoms with Gasteiger partial charge in [0.1, 0.15) is 5.69 Å². The number of carbonyl (C=O) groups is 1. The van der Waals surface area contributed by atoms with Gasteiger partial charge in [0.15, 0.2) is 0 Å². The Bertz CT molecular complexity index is 757. The van der Waals surface area contributed by atoms with Crippen LogP contribution in [0.25, 0.3) is 0 Å². The van der Waals surface area contributed by atoms with Crippen LogP contribution in [0, 0.1) is 0 Å². The summed E-state index contributed by atoms with van der Waals surface area (Å²) in [4.78, 5) is 17.2. The molecular formula is C16H19N3O3S. The molecule has 0 unspecified atom stereocenters. The fraction of sp³-hybridized carbons (Fsp3) is 0.312. The smallest absolute Gasteiger partial charge is 0.270 e. The second-order valence-electron chi connectivity index (χ2n) is 5.61. The molecule has 2 heterocycles. The first-order valence-corrected chi connectivity index (χ1v) is 9.04. The van der Waals surface area contributed by atoms with E-state index in [-0.39, 0.29) is 16.8 Å². The van der Waals surface area contributed by atoms with Gasteiger partial charge >= 0.3 is 0 Å². The molecule has 1 aliphatic rings. The Kier molecular flexibility index (Phi) is 4.49. The molecule has 1 aliphatic heterocycles. The lowest BCUT2D eigenvalue weighted by molar-refractivity contribution is 0.0698. The maximum atomic E-state index is 12.4. The van der Waals surface area contributed by atoms with E-state index in [2.05, 4.69) is 9.71 Å². The zero-order valence-electron chi connectivity index (χ0n) is 12.6. The van der Waals surface area contributed by atoms with E-state index in [4.69, 9.17) is 0 Å². The number of likely N-dealkylation sites (tertiary alicyclic amines) is 1. The zero-order valence-corrected chi connectivity index (χ0v) is 13.4. The standard InChI is InChI=1S/C16H19N3O3S/c20-16(15-9-4-10-17-15)19-11-5-6-13(12-19)18-23(21,22)14-7-2-1-3-8-14/h1-4,7-10,13,17-18H,5-6,11-12H2/t13-/m1/s1. The van der Waals surface area contributed by atoms with E-state index in [0.717, 1.165) is 12.8 Å². The zero-order chi connectivity index (χ0) is 16.3. The molecule has 6 nitrogen and oxygen atoms in total. The van der Waals surface area contributed by atoms with Crippen LogP contribution < -0.4 is 4.72 Å². The van der Waals surface area contributed by atoms with Gasteiger partial charge in [0.2, 0.25) is 10.0 Å². The predicted molar refractivity (Wildman–Crippen MR) is 86.5 cm³/mol. The number of piperidine rings is 1. The van der Waals surface area contributed by atoms with Crippen LogP contribution in [0.4, 0.5) is 0 Å². The molecule has 0 spiro atoms. The molecule has 0 radical (unpaired) electrons. The van der Waals surface area contributed by atoms with Gasteiger partial charge < -0.3 is 9.88 Å². The fourth-order valence-corrected chi connectivity index (χ4v) is 4.06. The summed E-state index contributed by atoms with van der Waals surface area (Å²) in [7, 11) is -3.56. The Hall–Kier alpha value is -2.12. The van der Waals surface area contributed by atoms with Gasteiger partial charge in [0.05, 0.1) is 4.90 Å². The molecule has 2 N–H and O–H groups in total. The number of amides is 1. The minimum Gasteiger partial charge on any atom is -0.357 e. The first-order chi connectivity index (χ1) is 11.1. The van der Waals surface area contributed by atoms with Crippen LogP contribution in [-0.2, 0) is 10.0 Å². The summed E-state index contributed by atoms with van der Waals surface area (Å²) in [5, 5.41) is 0. The van der Waals surface area contributed by atoms with E-state index in [0.29, 0.717) is 18.8 Å². The van der Waals surface area contributed by atoms with Crippen molar-refractivity contribution in [1.29, 1.82) is 0 Å². The van der Waals surface area contributed by atoms with Gasteiger partial charge in [-0.1, -0.05) is 18.2 Å². The third-order valence-electron chi connectivity index (χ3n) is 3.91. The summed E-state index contributed by atoms with van der Waals surface area (Å²) in [6, 6.07) is 11.5. The molecule has 1 saturated heterocycles. The van der Waals surface area contributed by atoms with Crippen molar-refractivity contribution in [2.45, 2.75) is 23.8 Å². The van der Waals surface area contributed by atoms with E-state index in [1.165, 1.54) is 0 Å². The van der Waals surface area contributed by atoms with E-state index in [9.17, 15) is 13.2 Å². The maximum absolute atomic E-state index is 12.4. The van der Waals surface area contributed by atoms with E-state index < -0.39 is 10.0 Å². The highest BCUT2D eigenvalue weighted by Crippen LogP contribution is 2.16. The minimum atomic E-state index is -3.56. The molecule has 0 aliphatic carbocycles. The van der Waals surface area contributed by atoms with Gasteiger partial charge in [-0.15, -0.1) is 0 Å². The Labute approximate surface area is 135 Å². The van der Waals surface area contributed by atoms with Crippen LogP contribution in [0.2, 0.25) is 0 Å². The summed E-state index contributed by atoms with van der Waals surface area (Å²) < 4.78 is 27.5. The van der Waals surface area contributed by atoms with E-state index in [1.807, 2.05) is 0 Å². The van der Waals surface area contributed by atoms with Crippen LogP contribution in [0.3, 0.4) is 0 Å². The average Bonchev–Trinajstić information content (AvgIpc) is 3.09. The van der Waals surface area contributed by atoms with Crippen LogP contribution in [-0.4, -0.2) is 43.3 Å². The number of benzene rings is 1. The van der Waals surface area contributed by atoms with Gasteiger partial charge in [-0.25, -0.2) is 13.1 Å². The second-order valence-corrected chi connectivity index (χ2v) is 7.32. The van der Waals surface area contributed by atoms with Crippen molar-refractivity contribution in [2.24, 2.45) is 0 Å². The van der Waals surface area contributed by atoms with Crippen LogP contribution in [0.1, 0.15) is 23.3 Å². The Balaban J connectivity index is 1.68. The largest absolute Gasteiger partial charge is 0.357 e. The molecule has 2 aromatic rings. The summed E-state index contributed by atoms with van der Waals surface area (Å²) in [6.07, 6.45) is 3.20. The second kappa shape index (κ2) is 6.55. The van der Waals surface area contributed by atoms with Gasteiger partial charge in [0, 0.05) is 25.3 Å². The molecule has 23 heavy (non-hydrogen) atoms. The van der Waals surface area contributed by atoms with Gasteiger partial charge in [-0.2, -0.15) is 0 Å². The highest BCUT2D eigenvalue weighted by atomic mass is 32.2. The van der Waals surface area contributed by atoms with Gasteiger partial charge in [-0.3, -0.25) is 4.79 Å². The van der Waals surface area contributed by atoms with Gasteiger partial charge in [-0.05, 0) is 37.1 Å². The quantitative estimate of drug-likeness (QED) is 0.891. The Morgan fingerprint density at radius 1 is 1.17 bits per heavy atom. The Morgan fingerprint density at radius 2 is 1.96 bits per heavy atom. The number of carbonyl (C=O) groups excluding carboxylic acids is 1. The molecule has 7 heteroatoms. The number of hydrogen-bond donors (Lipinski definition) is 2. The van der Waals surface area contributed by atoms with Gasteiger partial charge in [0.25, 0.3) is 5.91 Å². The molecular weight excluding hydrogens is 314 g/mol. The molecule has 1 fully saturated rings. The summed E-state index contributed by atoms with van der Waals surface area (Å²) >= 11 is 0. The number of rotatable bonds is 4. The van der Waals surface area contributed by atoms with E-state index in [1.54, 1.807) is 53.6 Å².